The zero-order valence-corrected chi connectivity index (χ0v) is 11.9. The van der Waals surface area contributed by atoms with E-state index in [0.29, 0.717) is 0 Å². The second-order valence-electron chi connectivity index (χ2n) is 3.18. The Morgan fingerprint density at radius 3 is 2.65 bits per heavy atom. The summed E-state index contributed by atoms with van der Waals surface area (Å²) in [6.07, 6.45) is 4.06. The summed E-state index contributed by atoms with van der Waals surface area (Å²) < 4.78 is 12.6. The van der Waals surface area contributed by atoms with Crippen molar-refractivity contribution in [3.05, 3.63) is 59.8 Å². The van der Waals surface area contributed by atoms with Crippen LogP contribution in [0, 0.1) is 5.82 Å². The molecule has 92 valence electrons. The molecule has 1 aromatic carbocycles. The zero-order valence-electron chi connectivity index (χ0n) is 9.47. The van der Waals surface area contributed by atoms with Crippen molar-refractivity contribution in [2.24, 2.45) is 0 Å². The molecule has 1 rings (SSSR count). The summed E-state index contributed by atoms with van der Waals surface area (Å²) >= 11 is 1.84. The molecule has 0 saturated carbocycles. The first kappa shape index (κ1) is 14.7. The van der Waals surface area contributed by atoms with Gasteiger partial charge in [0.25, 0.3) is 0 Å². The van der Waals surface area contributed by atoms with Crippen LogP contribution in [0.5, 0.6) is 0 Å². The number of benzene rings is 1. The fourth-order valence-electron chi connectivity index (χ4n) is 1.02. The predicted octanol–water partition coefficient (Wildman–Crippen LogP) is 5.14. The van der Waals surface area contributed by atoms with E-state index in [-0.39, 0.29) is 5.82 Å². The minimum absolute atomic E-state index is 0.175. The Balaban J connectivity index is 2.07. The topological polar surface area (TPSA) is 0 Å². The van der Waals surface area contributed by atoms with Crippen LogP contribution in [0.3, 0.4) is 0 Å². The Morgan fingerprint density at radius 1 is 1.18 bits per heavy atom. The number of hydrogen-bond donors (Lipinski definition) is 0. The monoisotopic (exact) mass is 286 g/mol. The van der Waals surface area contributed by atoms with E-state index in [1.54, 1.807) is 21.6 Å². The lowest BCUT2D eigenvalue weighted by Crippen LogP contribution is -1.78. The largest absolute Gasteiger partial charge is 0.207 e. The molecule has 0 radical (unpaired) electrons. The maximum atomic E-state index is 12.6. The van der Waals surface area contributed by atoms with Gasteiger partial charge in [-0.1, -0.05) is 45.9 Å². The second-order valence-corrected chi connectivity index (χ2v) is 6.53. The normalized spacial score (nSPS) is 10.9. The Hall–Kier alpha value is -0.320. The summed E-state index contributed by atoms with van der Waals surface area (Å²) in [5, 5.41) is 2.10. The molecule has 1 aromatic rings. The third kappa shape index (κ3) is 7.58. The predicted molar refractivity (Wildman–Crippen MR) is 81.9 cm³/mol. The van der Waals surface area contributed by atoms with Gasteiger partial charge in [-0.3, -0.25) is 0 Å². The van der Waals surface area contributed by atoms with Gasteiger partial charge in [-0.2, -0.15) is 11.8 Å². The van der Waals surface area contributed by atoms with E-state index >= 15 is 0 Å². The maximum Gasteiger partial charge on any atom is 0.123 e. The molecule has 0 N–H and O–H groups in total. The first-order chi connectivity index (χ1) is 8.33. The minimum atomic E-state index is -0.175. The minimum Gasteiger partial charge on any atom is -0.207 e. The van der Waals surface area contributed by atoms with E-state index in [1.165, 1.54) is 12.1 Å². The Labute approximate surface area is 115 Å². The van der Waals surface area contributed by atoms with Gasteiger partial charge in [-0.15, -0.1) is 6.58 Å². The summed E-state index contributed by atoms with van der Waals surface area (Å²) in [5.74, 6) is 2.74. The highest BCUT2D eigenvalue weighted by Gasteiger charge is 1.93. The van der Waals surface area contributed by atoms with Crippen LogP contribution in [0.4, 0.5) is 4.39 Å². The lowest BCUT2D eigenvalue weighted by molar-refractivity contribution is 0.627. The van der Waals surface area contributed by atoms with Gasteiger partial charge in [-0.05, 0) is 23.1 Å². The summed E-state index contributed by atoms with van der Waals surface area (Å²) in [7, 11) is 3.47. The molecule has 0 saturated heterocycles. The van der Waals surface area contributed by atoms with Crippen molar-refractivity contribution in [1.29, 1.82) is 0 Å². The third-order valence-electron chi connectivity index (χ3n) is 1.81. The molecule has 0 fully saturated rings. The molecule has 0 nitrogen and oxygen atoms in total. The quantitative estimate of drug-likeness (QED) is 0.369. The van der Waals surface area contributed by atoms with Crippen LogP contribution in [-0.4, -0.2) is 11.5 Å². The SMILES string of the molecule is C=CCSC/C=C\SSCc1ccc(F)cc1. The lowest BCUT2D eigenvalue weighted by Gasteiger charge is -1.98. The van der Waals surface area contributed by atoms with Gasteiger partial charge in [0.15, 0.2) is 0 Å². The Bertz CT molecular complexity index is 346. The molecular weight excluding hydrogens is 271 g/mol. The van der Waals surface area contributed by atoms with Crippen LogP contribution in [0.15, 0.2) is 48.4 Å². The molecule has 0 aliphatic rings. The van der Waals surface area contributed by atoms with Gasteiger partial charge in [0.1, 0.15) is 5.82 Å². The fraction of sp³-hybridized carbons (Fsp3) is 0.231. The van der Waals surface area contributed by atoms with Crippen LogP contribution in [0.1, 0.15) is 5.56 Å². The summed E-state index contributed by atoms with van der Waals surface area (Å²) in [5.41, 5.74) is 1.15. The highest BCUT2D eigenvalue weighted by atomic mass is 33.1. The number of hydrogen-bond acceptors (Lipinski definition) is 3. The van der Waals surface area contributed by atoms with Crippen molar-refractivity contribution in [3.8, 4) is 0 Å². The molecule has 0 heterocycles. The van der Waals surface area contributed by atoms with E-state index in [2.05, 4.69) is 18.1 Å². The smallest absolute Gasteiger partial charge is 0.123 e. The molecule has 0 unspecified atom stereocenters. The van der Waals surface area contributed by atoms with E-state index in [1.807, 2.05) is 30.0 Å². The van der Waals surface area contributed by atoms with Crippen LogP contribution in [-0.2, 0) is 5.75 Å². The molecule has 0 aliphatic heterocycles. The third-order valence-corrected chi connectivity index (χ3v) is 4.69. The second kappa shape index (κ2) is 9.68. The van der Waals surface area contributed by atoms with Gasteiger partial charge in [0.2, 0.25) is 0 Å². The average Bonchev–Trinajstić information content (AvgIpc) is 2.35. The van der Waals surface area contributed by atoms with E-state index in [4.69, 9.17) is 0 Å². The van der Waals surface area contributed by atoms with Crippen molar-refractivity contribution in [3.63, 3.8) is 0 Å². The number of thioether (sulfide) groups is 1. The fourth-order valence-corrected chi connectivity index (χ4v) is 3.41. The summed E-state index contributed by atoms with van der Waals surface area (Å²) in [6.45, 7) is 3.67. The van der Waals surface area contributed by atoms with Crippen LogP contribution in [0.25, 0.3) is 0 Å². The van der Waals surface area contributed by atoms with Crippen molar-refractivity contribution in [1.82, 2.24) is 0 Å². The standard InChI is InChI=1S/C13H15FS3/c1-2-8-15-9-3-10-16-17-11-12-4-6-13(14)7-5-12/h2-7,10H,1,8-9,11H2/b10-3-. The highest BCUT2D eigenvalue weighted by Crippen LogP contribution is 2.27. The maximum absolute atomic E-state index is 12.6. The molecule has 4 heteroatoms. The molecular formula is C13H15FS3. The average molecular weight is 286 g/mol. The van der Waals surface area contributed by atoms with Crippen molar-refractivity contribution >= 4 is 33.3 Å². The van der Waals surface area contributed by atoms with Crippen LogP contribution >= 0.6 is 33.3 Å². The molecule has 0 aromatic heterocycles. The van der Waals surface area contributed by atoms with Gasteiger partial charge in [-0.25, -0.2) is 4.39 Å². The number of halogens is 1. The van der Waals surface area contributed by atoms with Crippen LogP contribution in [0.2, 0.25) is 0 Å². The van der Waals surface area contributed by atoms with Gasteiger partial charge < -0.3 is 0 Å². The lowest BCUT2D eigenvalue weighted by atomic mass is 10.2. The summed E-state index contributed by atoms with van der Waals surface area (Å²) in [6, 6.07) is 6.66. The molecule has 0 bridgehead atoms. The van der Waals surface area contributed by atoms with Crippen molar-refractivity contribution in [2.45, 2.75) is 5.75 Å². The number of rotatable bonds is 8. The van der Waals surface area contributed by atoms with Crippen molar-refractivity contribution in [2.75, 3.05) is 11.5 Å². The first-order valence-corrected chi connectivity index (χ1v) is 8.73. The van der Waals surface area contributed by atoms with E-state index in [9.17, 15) is 4.39 Å². The van der Waals surface area contributed by atoms with Gasteiger partial charge >= 0.3 is 0 Å². The molecule has 0 aliphatic carbocycles. The van der Waals surface area contributed by atoms with E-state index in [0.717, 1.165) is 22.8 Å². The van der Waals surface area contributed by atoms with Gasteiger partial charge in [0.05, 0.1) is 0 Å². The zero-order chi connectivity index (χ0) is 12.3. The van der Waals surface area contributed by atoms with E-state index < -0.39 is 0 Å². The van der Waals surface area contributed by atoms with Gasteiger partial charge in [0, 0.05) is 17.3 Å². The molecule has 0 amide bonds. The first-order valence-electron chi connectivity index (χ1n) is 5.19. The van der Waals surface area contributed by atoms with Crippen molar-refractivity contribution < 1.29 is 4.39 Å². The summed E-state index contributed by atoms with van der Waals surface area (Å²) in [4.78, 5) is 0. The Kier molecular flexibility index (Phi) is 8.40. The molecule has 0 spiro atoms. The highest BCUT2D eigenvalue weighted by molar-refractivity contribution is 8.77. The Morgan fingerprint density at radius 2 is 1.94 bits per heavy atom. The molecule has 17 heavy (non-hydrogen) atoms. The molecule has 0 atom stereocenters. The van der Waals surface area contributed by atoms with Crippen LogP contribution < -0.4 is 0 Å².